The molecular weight excluding hydrogens is 396 g/mol. The van der Waals surface area contributed by atoms with Crippen LogP contribution in [0.1, 0.15) is 22.3 Å². The van der Waals surface area contributed by atoms with Gasteiger partial charge < -0.3 is 0 Å². The largest absolute Gasteiger partial charge is 0.274 e. The minimum absolute atomic E-state index is 0.131. The topological polar surface area (TPSA) is 37.4 Å². The lowest BCUT2D eigenvalue weighted by Gasteiger charge is -2.23. The highest BCUT2D eigenvalue weighted by Gasteiger charge is 2.51. The first-order chi connectivity index (χ1) is 15.0. The Morgan fingerprint density at radius 2 is 1.19 bits per heavy atom. The SMILES string of the molecule is O=C1C2Cc3ccccc3CC2C(=O)N1c1c(F)cc(C#Cc2ccccc2)cc1F. The minimum Gasteiger partial charge on any atom is -0.274 e. The zero-order chi connectivity index (χ0) is 21.5. The lowest BCUT2D eigenvalue weighted by Crippen LogP contribution is -2.32. The summed E-state index contributed by atoms with van der Waals surface area (Å²) in [5.74, 6) is 1.32. The minimum atomic E-state index is -0.977. The van der Waals surface area contributed by atoms with Crippen molar-refractivity contribution < 1.29 is 18.4 Å². The van der Waals surface area contributed by atoms with Crippen LogP contribution < -0.4 is 4.90 Å². The number of hydrogen-bond acceptors (Lipinski definition) is 2. The van der Waals surface area contributed by atoms with Crippen molar-refractivity contribution >= 4 is 17.5 Å². The van der Waals surface area contributed by atoms with Gasteiger partial charge >= 0.3 is 0 Å². The molecule has 1 saturated heterocycles. The standard InChI is InChI=1S/C26H17F2NO2/c27-22-12-17(11-10-16-6-2-1-3-7-16)13-23(28)24(22)29-25(30)20-14-18-8-4-5-9-19(18)15-21(20)26(29)31/h1-9,12-13,20-21H,14-15H2. The van der Waals surface area contributed by atoms with Crippen LogP contribution >= 0.6 is 0 Å². The Morgan fingerprint density at radius 3 is 1.74 bits per heavy atom. The van der Waals surface area contributed by atoms with E-state index < -0.39 is 41.0 Å². The molecule has 0 saturated carbocycles. The van der Waals surface area contributed by atoms with Crippen LogP contribution in [0.25, 0.3) is 0 Å². The molecule has 5 rings (SSSR count). The highest BCUT2D eigenvalue weighted by Crippen LogP contribution is 2.41. The van der Waals surface area contributed by atoms with Crippen LogP contribution in [0.4, 0.5) is 14.5 Å². The predicted molar refractivity (Wildman–Crippen MR) is 112 cm³/mol. The van der Waals surface area contributed by atoms with Crippen molar-refractivity contribution in [2.75, 3.05) is 4.90 Å². The number of amides is 2. The number of carbonyl (C=O) groups excluding carboxylic acids is 2. The van der Waals surface area contributed by atoms with Crippen molar-refractivity contribution in [3.05, 3.63) is 101 Å². The Kier molecular flexibility index (Phi) is 4.63. The molecule has 0 aromatic heterocycles. The van der Waals surface area contributed by atoms with E-state index >= 15 is 0 Å². The summed E-state index contributed by atoms with van der Waals surface area (Å²) in [4.78, 5) is 26.7. The Morgan fingerprint density at radius 1 is 0.710 bits per heavy atom. The van der Waals surface area contributed by atoms with E-state index in [-0.39, 0.29) is 5.56 Å². The van der Waals surface area contributed by atoms with Crippen molar-refractivity contribution in [3.8, 4) is 11.8 Å². The van der Waals surface area contributed by atoms with Crippen molar-refractivity contribution in [1.82, 2.24) is 0 Å². The van der Waals surface area contributed by atoms with Crippen molar-refractivity contribution in [1.29, 1.82) is 0 Å². The van der Waals surface area contributed by atoms with E-state index in [2.05, 4.69) is 11.8 Å². The number of anilines is 1. The Bertz CT molecular complexity index is 1210. The molecule has 2 unspecified atom stereocenters. The van der Waals surface area contributed by atoms with Crippen molar-refractivity contribution in [3.63, 3.8) is 0 Å². The van der Waals surface area contributed by atoms with Crippen LogP contribution in [-0.4, -0.2) is 11.8 Å². The fourth-order valence-electron chi connectivity index (χ4n) is 4.41. The highest BCUT2D eigenvalue weighted by molar-refractivity contribution is 6.22. The summed E-state index contributed by atoms with van der Waals surface area (Å²) < 4.78 is 29.8. The molecule has 0 bridgehead atoms. The van der Waals surface area contributed by atoms with Gasteiger partial charge in [-0.05, 0) is 48.2 Å². The molecule has 0 radical (unpaired) electrons. The van der Waals surface area contributed by atoms with Crippen LogP contribution in [0.15, 0.2) is 66.7 Å². The quantitative estimate of drug-likeness (QED) is 0.441. The number of fused-ring (bicyclic) bond motifs is 2. The molecule has 1 fully saturated rings. The second kappa shape index (κ2) is 7.48. The fourth-order valence-corrected chi connectivity index (χ4v) is 4.41. The van der Waals surface area contributed by atoms with Gasteiger partial charge in [0, 0.05) is 11.1 Å². The van der Waals surface area contributed by atoms with Gasteiger partial charge in [-0.15, -0.1) is 0 Å². The van der Waals surface area contributed by atoms with Gasteiger partial charge in [-0.25, -0.2) is 13.7 Å². The number of benzene rings is 3. The van der Waals surface area contributed by atoms with Gasteiger partial charge in [0.25, 0.3) is 0 Å². The van der Waals surface area contributed by atoms with Gasteiger partial charge in [0.2, 0.25) is 11.8 Å². The van der Waals surface area contributed by atoms with E-state index in [1.807, 2.05) is 42.5 Å². The zero-order valence-electron chi connectivity index (χ0n) is 16.4. The van der Waals surface area contributed by atoms with E-state index in [1.54, 1.807) is 12.1 Å². The molecule has 2 amide bonds. The van der Waals surface area contributed by atoms with E-state index in [0.29, 0.717) is 23.3 Å². The third-order valence-corrected chi connectivity index (χ3v) is 5.92. The Hall–Kier alpha value is -3.78. The van der Waals surface area contributed by atoms with Gasteiger partial charge in [-0.3, -0.25) is 9.59 Å². The van der Waals surface area contributed by atoms with Gasteiger partial charge in [0.05, 0.1) is 11.8 Å². The van der Waals surface area contributed by atoms with E-state index in [4.69, 9.17) is 0 Å². The van der Waals surface area contributed by atoms with Crippen molar-refractivity contribution in [2.45, 2.75) is 12.8 Å². The maximum Gasteiger partial charge on any atom is 0.238 e. The molecule has 1 aliphatic carbocycles. The summed E-state index contributed by atoms with van der Waals surface area (Å²) in [5, 5.41) is 0. The molecule has 0 spiro atoms. The summed E-state index contributed by atoms with van der Waals surface area (Å²) in [6.45, 7) is 0. The lowest BCUT2D eigenvalue weighted by molar-refractivity contribution is -0.122. The Labute approximate surface area is 178 Å². The summed E-state index contributed by atoms with van der Waals surface area (Å²) in [6, 6.07) is 18.8. The normalized spacial score (nSPS) is 19.5. The highest BCUT2D eigenvalue weighted by atomic mass is 19.1. The third kappa shape index (κ3) is 3.30. The summed E-state index contributed by atoms with van der Waals surface area (Å²) in [7, 11) is 0. The average molecular weight is 413 g/mol. The smallest absolute Gasteiger partial charge is 0.238 e. The van der Waals surface area contributed by atoms with E-state index in [0.717, 1.165) is 23.3 Å². The second-order valence-electron chi connectivity index (χ2n) is 7.81. The summed E-state index contributed by atoms with van der Waals surface area (Å²) in [6.07, 6.45) is 0.789. The number of carbonyl (C=O) groups is 2. The average Bonchev–Trinajstić information content (AvgIpc) is 3.01. The number of halogens is 2. The van der Waals surface area contributed by atoms with Gasteiger partial charge in [0.15, 0.2) is 11.6 Å². The molecule has 3 aromatic rings. The van der Waals surface area contributed by atoms with E-state index in [9.17, 15) is 18.4 Å². The second-order valence-corrected chi connectivity index (χ2v) is 7.81. The molecule has 1 aliphatic heterocycles. The molecular formula is C26H17F2NO2. The number of nitrogens with zero attached hydrogens (tertiary/aromatic N) is 1. The molecule has 5 heteroatoms. The number of imide groups is 1. The van der Waals surface area contributed by atoms with Crippen LogP contribution in [-0.2, 0) is 22.4 Å². The molecule has 31 heavy (non-hydrogen) atoms. The predicted octanol–water partition coefficient (Wildman–Crippen LogP) is 4.27. The fraction of sp³-hybridized carbons (Fsp3) is 0.154. The molecule has 0 N–H and O–H groups in total. The molecule has 2 atom stereocenters. The first kappa shape index (κ1) is 19.2. The maximum atomic E-state index is 14.9. The van der Waals surface area contributed by atoms with Gasteiger partial charge in [0.1, 0.15) is 5.69 Å². The summed E-state index contributed by atoms with van der Waals surface area (Å²) in [5.41, 5.74) is 2.23. The number of rotatable bonds is 1. The van der Waals surface area contributed by atoms with Crippen LogP contribution in [0, 0.1) is 35.3 Å². The first-order valence-electron chi connectivity index (χ1n) is 10.0. The van der Waals surface area contributed by atoms with Gasteiger partial charge in [-0.1, -0.05) is 54.3 Å². The Balaban J connectivity index is 1.48. The van der Waals surface area contributed by atoms with Gasteiger partial charge in [-0.2, -0.15) is 0 Å². The monoisotopic (exact) mass is 413 g/mol. The molecule has 1 heterocycles. The van der Waals surface area contributed by atoms with Crippen LogP contribution in [0.5, 0.6) is 0 Å². The molecule has 3 aromatic carbocycles. The number of hydrogen-bond donors (Lipinski definition) is 0. The van der Waals surface area contributed by atoms with Crippen molar-refractivity contribution in [2.24, 2.45) is 11.8 Å². The molecule has 152 valence electrons. The maximum absolute atomic E-state index is 14.9. The van der Waals surface area contributed by atoms with Crippen LogP contribution in [0.3, 0.4) is 0 Å². The summed E-state index contributed by atoms with van der Waals surface area (Å²) >= 11 is 0. The van der Waals surface area contributed by atoms with Crippen LogP contribution in [0.2, 0.25) is 0 Å². The van der Waals surface area contributed by atoms with E-state index in [1.165, 1.54) is 0 Å². The molecule has 2 aliphatic rings. The molecule has 3 nitrogen and oxygen atoms in total. The zero-order valence-corrected chi connectivity index (χ0v) is 16.4. The first-order valence-corrected chi connectivity index (χ1v) is 10.0. The lowest BCUT2D eigenvalue weighted by atomic mass is 9.77. The third-order valence-electron chi connectivity index (χ3n) is 5.92.